The second-order valence-electron chi connectivity index (χ2n) is 5.21. The van der Waals surface area contributed by atoms with Gasteiger partial charge in [-0.15, -0.1) is 0 Å². The van der Waals surface area contributed by atoms with Crippen molar-refractivity contribution in [2.75, 3.05) is 0 Å². The summed E-state index contributed by atoms with van der Waals surface area (Å²) in [5.74, 6) is -1.74. The number of carbonyl (C=O) groups is 2. The van der Waals surface area contributed by atoms with Crippen molar-refractivity contribution in [3.8, 4) is 0 Å². The lowest BCUT2D eigenvalue weighted by Gasteiger charge is -2.23. The van der Waals surface area contributed by atoms with Crippen molar-refractivity contribution < 1.29 is 14.7 Å². The topological polar surface area (TPSA) is 66.4 Å². The van der Waals surface area contributed by atoms with E-state index in [0.29, 0.717) is 12.8 Å². The number of hydrogen-bond acceptors (Lipinski definition) is 3. The molecule has 0 spiro atoms. The van der Waals surface area contributed by atoms with Crippen LogP contribution in [0.2, 0.25) is 0 Å². The van der Waals surface area contributed by atoms with E-state index in [9.17, 15) is 14.7 Å². The number of carboxylic acids is 1. The molecule has 1 aromatic heterocycles. The third-order valence-corrected chi connectivity index (χ3v) is 4.32. The van der Waals surface area contributed by atoms with E-state index in [2.05, 4.69) is 5.32 Å². The number of thiophene rings is 1. The molecule has 2 rings (SSSR count). The Labute approximate surface area is 133 Å². The van der Waals surface area contributed by atoms with E-state index in [1.807, 2.05) is 47.2 Å². The predicted octanol–water partition coefficient (Wildman–Crippen LogP) is 3.26. The Morgan fingerprint density at radius 1 is 1.23 bits per heavy atom. The van der Waals surface area contributed by atoms with Gasteiger partial charge in [-0.1, -0.05) is 30.3 Å². The van der Waals surface area contributed by atoms with Crippen molar-refractivity contribution in [2.24, 2.45) is 5.92 Å². The monoisotopic (exact) mass is 317 g/mol. The van der Waals surface area contributed by atoms with Gasteiger partial charge in [0.1, 0.15) is 0 Å². The van der Waals surface area contributed by atoms with E-state index < -0.39 is 17.9 Å². The van der Waals surface area contributed by atoms with E-state index in [4.69, 9.17) is 0 Å². The maximum absolute atomic E-state index is 12.1. The average Bonchev–Trinajstić information content (AvgIpc) is 3.04. The highest BCUT2D eigenvalue weighted by atomic mass is 32.1. The van der Waals surface area contributed by atoms with Crippen molar-refractivity contribution >= 4 is 23.2 Å². The van der Waals surface area contributed by atoms with Gasteiger partial charge >= 0.3 is 5.97 Å². The third kappa shape index (κ3) is 4.43. The molecular weight excluding hydrogens is 298 g/mol. The number of aryl methyl sites for hydroxylation is 1. The Morgan fingerprint density at radius 3 is 2.55 bits per heavy atom. The molecule has 116 valence electrons. The molecule has 4 nitrogen and oxygen atoms in total. The first-order valence-corrected chi connectivity index (χ1v) is 8.10. The molecule has 0 saturated heterocycles. The van der Waals surface area contributed by atoms with Gasteiger partial charge in [0, 0.05) is 6.42 Å². The average molecular weight is 317 g/mol. The van der Waals surface area contributed by atoms with Crippen LogP contribution in [0.1, 0.15) is 30.5 Å². The van der Waals surface area contributed by atoms with Crippen LogP contribution in [0.15, 0.2) is 47.2 Å². The Balaban J connectivity index is 2.02. The highest BCUT2D eigenvalue weighted by Crippen LogP contribution is 2.22. The molecule has 5 heteroatoms. The molecule has 0 fully saturated rings. The predicted molar refractivity (Wildman–Crippen MR) is 86.8 cm³/mol. The number of rotatable bonds is 7. The zero-order valence-corrected chi connectivity index (χ0v) is 13.2. The van der Waals surface area contributed by atoms with Crippen LogP contribution in [0.25, 0.3) is 0 Å². The molecule has 0 saturated carbocycles. The van der Waals surface area contributed by atoms with Crippen LogP contribution < -0.4 is 5.32 Å². The summed E-state index contributed by atoms with van der Waals surface area (Å²) in [4.78, 5) is 23.4. The number of nitrogens with one attached hydrogen (secondary N) is 1. The summed E-state index contributed by atoms with van der Waals surface area (Å²) in [6, 6.07) is 10.7. The van der Waals surface area contributed by atoms with E-state index >= 15 is 0 Å². The molecule has 1 heterocycles. The minimum Gasteiger partial charge on any atom is -0.481 e. The van der Waals surface area contributed by atoms with Crippen LogP contribution in [0.4, 0.5) is 0 Å². The Kier molecular flexibility index (Phi) is 5.72. The fourth-order valence-electron chi connectivity index (χ4n) is 2.24. The Bertz CT molecular complexity index is 610. The summed E-state index contributed by atoms with van der Waals surface area (Å²) in [6.07, 6.45) is 1.02. The third-order valence-electron chi connectivity index (χ3n) is 3.59. The summed E-state index contributed by atoms with van der Waals surface area (Å²) in [5, 5.41) is 16.1. The highest BCUT2D eigenvalue weighted by Gasteiger charge is 2.26. The maximum Gasteiger partial charge on any atom is 0.308 e. The van der Waals surface area contributed by atoms with Crippen LogP contribution in [-0.4, -0.2) is 17.0 Å². The molecule has 2 aromatic rings. The zero-order valence-electron chi connectivity index (χ0n) is 12.4. The van der Waals surface area contributed by atoms with E-state index in [0.717, 1.165) is 11.1 Å². The summed E-state index contributed by atoms with van der Waals surface area (Å²) < 4.78 is 0. The molecule has 0 radical (unpaired) electrons. The first-order chi connectivity index (χ1) is 10.6. The van der Waals surface area contributed by atoms with E-state index in [1.54, 1.807) is 18.3 Å². The van der Waals surface area contributed by atoms with Crippen LogP contribution in [0.3, 0.4) is 0 Å². The van der Waals surface area contributed by atoms with Crippen molar-refractivity contribution in [1.29, 1.82) is 0 Å². The van der Waals surface area contributed by atoms with Gasteiger partial charge in [0.2, 0.25) is 5.91 Å². The molecule has 1 aromatic carbocycles. The lowest BCUT2D eigenvalue weighted by molar-refractivity contribution is -0.142. The lowest BCUT2D eigenvalue weighted by atomic mass is 9.94. The largest absolute Gasteiger partial charge is 0.481 e. The summed E-state index contributed by atoms with van der Waals surface area (Å²) in [7, 11) is 0. The second kappa shape index (κ2) is 7.75. The van der Waals surface area contributed by atoms with Gasteiger partial charge in [0.05, 0.1) is 12.0 Å². The smallest absolute Gasteiger partial charge is 0.308 e. The van der Waals surface area contributed by atoms with Crippen molar-refractivity contribution in [3.05, 3.63) is 58.3 Å². The number of amides is 1. The molecule has 0 bridgehead atoms. The maximum atomic E-state index is 12.1. The SMILES string of the molecule is C[C@@H](C(=O)O)[C@H](NC(=O)CCc1ccsc1)c1ccccc1. The normalized spacial score (nSPS) is 13.3. The number of carboxylic acid groups (broad SMARTS) is 1. The molecule has 22 heavy (non-hydrogen) atoms. The van der Waals surface area contributed by atoms with Crippen molar-refractivity contribution in [3.63, 3.8) is 0 Å². The fraction of sp³-hybridized carbons (Fsp3) is 0.294. The van der Waals surface area contributed by atoms with Gasteiger partial charge in [0.25, 0.3) is 0 Å². The van der Waals surface area contributed by atoms with Crippen LogP contribution in [0, 0.1) is 5.92 Å². The quantitative estimate of drug-likeness (QED) is 0.823. The number of benzene rings is 1. The van der Waals surface area contributed by atoms with Gasteiger partial charge in [0.15, 0.2) is 0 Å². The highest BCUT2D eigenvalue weighted by molar-refractivity contribution is 7.07. The van der Waals surface area contributed by atoms with Crippen molar-refractivity contribution in [1.82, 2.24) is 5.32 Å². The zero-order chi connectivity index (χ0) is 15.9. The molecular formula is C17H19NO3S. The first-order valence-electron chi connectivity index (χ1n) is 7.16. The van der Waals surface area contributed by atoms with E-state index in [1.165, 1.54) is 0 Å². The number of aliphatic carboxylic acids is 1. The second-order valence-corrected chi connectivity index (χ2v) is 5.99. The van der Waals surface area contributed by atoms with Gasteiger partial charge in [-0.2, -0.15) is 11.3 Å². The summed E-state index contributed by atoms with van der Waals surface area (Å²) in [5.41, 5.74) is 1.93. The molecule has 2 atom stereocenters. The van der Waals surface area contributed by atoms with Crippen LogP contribution >= 0.6 is 11.3 Å². The van der Waals surface area contributed by atoms with E-state index in [-0.39, 0.29) is 5.91 Å². The summed E-state index contributed by atoms with van der Waals surface area (Å²) >= 11 is 1.60. The molecule has 0 aliphatic heterocycles. The Hall–Kier alpha value is -2.14. The van der Waals surface area contributed by atoms with Crippen LogP contribution in [-0.2, 0) is 16.0 Å². The van der Waals surface area contributed by atoms with Gasteiger partial charge in [-0.3, -0.25) is 9.59 Å². The molecule has 0 aliphatic rings. The first kappa shape index (κ1) is 16.2. The molecule has 2 N–H and O–H groups in total. The van der Waals surface area contributed by atoms with Gasteiger partial charge in [-0.25, -0.2) is 0 Å². The Morgan fingerprint density at radius 2 is 1.95 bits per heavy atom. The molecule has 0 aliphatic carbocycles. The summed E-state index contributed by atoms with van der Waals surface area (Å²) in [6.45, 7) is 1.61. The molecule has 1 amide bonds. The lowest BCUT2D eigenvalue weighted by Crippen LogP contribution is -2.35. The fourth-order valence-corrected chi connectivity index (χ4v) is 2.94. The molecule has 0 unspecified atom stereocenters. The van der Waals surface area contributed by atoms with Gasteiger partial charge in [-0.05, 0) is 41.3 Å². The van der Waals surface area contributed by atoms with Crippen molar-refractivity contribution in [2.45, 2.75) is 25.8 Å². The minimum atomic E-state index is -0.924. The minimum absolute atomic E-state index is 0.131. The number of hydrogen-bond donors (Lipinski definition) is 2. The standard InChI is InChI=1S/C17H19NO3S/c1-12(17(20)21)16(14-5-3-2-4-6-14)18-15(19)8-7-13-9-10-22-11-13/h2-6,9-12,16H,7-8H2,1H3,(H,18,19)(H,20,21)/t12-,16+/m1/s1. The number of carbonyl (C=O) groups excluding carboxylic acids is 1. The van der Waals surface area contributed by atoms with Crippen LogP contribution in [0.5, 0.6) is 0 Å². The van der Waals surface area contributed by atoms with Gasteiger partial charge < -0.3 is 10.4 Å².